The number of nitrogens with zero attached hydrogens (tertiary/aromatic N) is 1. The zero-order chi connectivity index (χ0) is 28.2. The number of rotatable bonds is 7. The summed E-state index contributed by atoms with van der Waals surface area (Å²) in [5.41, 5.74) is 3.34. The Kier molecular flexibility index (Phi) is 7.45. The number of fused-ring (bicyclic) bond motifs is 1. The van der Waals surface area contributed by atoms with Crippen molar-refractivity contribution in [3.8, 4) is 11.1 Å². The van der Waals surface area contributed by atoms with Crippen LogP contribution in [0.3, 0.4) is 0 Å². The van der Waals surface area contributed by atoms with Crippen molar-refractivity contribution >= 4 is 50.7 Å². The van der Waals surface area contributed by atoms with Crippen LogP contribution < -0.4 is 10.6 Å². The van der Waals surface area contributed by atoms with Gasteiger partial charge in [0.2, 0.25) is 0 Å². The molecule has 0 aliphatic rings. The number of hydrogen-bond acceptors (Lipinski definition) is 5. The minimum atomic E-state index is -2.21. The molecule has 0 radical (unpaired) electrons. The standard InChI is InChI=1S/C30H21N3O6S/c34-29(23-13-17-25(18-14-23)33(36)37)31-24-15-11-20(12-16-24)19-7-9-22(10-8-19)30(35)32-26-5-1-3-21-4-2-6-27(28(21)26)40(38)39/h1-18H,(H,31,34)(H,32,35)(H,38,39). The number of carbonyl (C=O) groups excluding carboxylic acids is 2. The van der Waals surface area contributed by atoms with Crippen LogP contribution in [0.5, 0.6) is 0 Å². The van der Waals surface area contributed by atoms with Crippen LogP contribution in [0.25, 0.3) is 21.9 Å². The third kappa shape index (κ3) is 5.63. The molecule has 0 aromatic heterocycles. The molecule has 2 amide bonds. The molecule has 198 valence electrons. The van der Waals surface area contributed by atoms with Gasteiger partial charge >= 0.3 is 0 Å². The van der Waals surface area contributed by atoms with Gasteiger partial charge in [-0.25, -0.2) is 4.21 Å². The van der Waals surface area contributed by atoms with Crippen LogP contribution in [0.15, 0.2) is 114 Å². The Bertz CT molecular complexity index is 1760. The molecule has 1 atom stereocenters. The Hall–Kier alpha value is -5.19. The molecule has 0 spiro atoms. The summed E-state index contributed by atoms with van der Waals surface area (Å²) in [5.74, 6) is -0.747. The highest BCUT2D eigenvalue weighted by Crippen LogP contribution is 2.30. The summed E-state index contributed by atoms with van der Waals surface area (Å²) in [7, 11) is 0. The third-order valence-corrected chi connectivity index (χ3v) is 6.98. The molecule has 5 aromatic rings. The molecule has 0 aliphatic heterocycles. The Labute approximate surface area is 230 Å². The number of non-ortho nitro benzene ring substituents is 1. The summed E-state index contributed by atoms with van der Waals surface area (Å²) in [6.07, 6.45) is 0. The van der Waals surface area contributed by atoms with Gasteiger partial charge < -0.3 is 15.2 Å². The predicted octanol–water partition coefficient (Wildman–Crippen LogP) is 6.50. The first-order valence-corrected chi connectivity index (χ1v) is 13.1. The molecule has 5 rings (SSSR count). The summed E-state index contributed by atoms with van der Waals surface area (Å²) in [6, 6.07) is 29.8. The zero-order valence-electron chi connectivity index (χ0n) is 20.7. The normalized spacial score (nSPS) is 11.5. The topological polar surface area (TPSA) is 139 Å². The second-order valence-electron chi connectivity index (χ2n) is 8.78. The SMILES string of the molecule is O=C(Nc1ccc(-c2ccc(C(=O)Nc3cccc4cccc(S(=O)O)c34)cc2)cc1)c1ccc([N+](=O)[O-])cc1. The maximum atomic E-state index is 13.0. The predicted molar refractivity (Wildman–Crippen MR) is 154 cm³/mol. The van der Waals surface area contributed by atoms with E-state index in [0.717, 1.165) is 16.5 Å². The smallest absolute Gasteiger partial charge is 0.269 e. The Balaban J connectivity index is 1.27. The summed E-state index contributed by atoms with van der Waals surface area (Å²) in [6.45, 7) is 0. The van der Waals surface area contributed by atoms with Crippen LogP contribution in [0, 0.1) is 10.1 Å². The van der Waals surface area contributed by atoms with Crippen molar-refractivity contribution in [2.75, 3.05) is 10.6 Å². The van der Waals surface area contributed by atoms with E-state index in [1.807, 2.05) is 24.3 Å². The lowest BCUT2D eigenvalue weighted by Gasteiger charge is -2.12. The van der Waals surface area contributed by atoms with Crippen molar-refractivity contribution in [2.24, 2.45) is 0 Å². The first kappa shape index (κ1) is 26.4. The van der Waals surface area contributed by atoms with E-state index in [0.29, 0.717) is 27.9 Å². The summed E-state index contributed by atoms with van der Waals surface area (Å²) < 4.78 is 21.5. The number of carbonyl (C=O) groups is 2. The molecule has 1 unspecified atom stereocenters. The van der Waals surface area contributed by atoms with Crippen molar-refractivity contribution in [3.63, 3.8) is 0 Å². The van der Waals surface area contributed by atoms with E-state index in [9.17, 15) is 28.5 Å². The number of hydrogen-bond donors (Lipinski definition) is 3. The second kappa shape index (κ2) is 11.3. The average molecular weight is 552 g/mol. The minimum absolute atomic E-state index is 0.0912. The minimum Gasteiger partial charge on any atom is -0.322 e. The van der Waals surface area contributed by atoms with Crippen LogP contribution in [0.4, 0.5) is 17.1 Å². The van der Waals surface area contributed by atoms with Crippen molar-refractivity contribution in [3.05, 3.63) is 130 Å². The van der Waals surface area contributed by atoms with Crippen LogP contribution in [0.2, 0.25) is 0 Å². The van der Waals surface area contributed by atoms with E-state index in [2.05, 4.69) is 10.6 Å². The van der Waals surface area contributed by atoms with Gasteiger partial charge in [0, 0.05) is 34.3 Å². The fourth-order valence-corrected chi connectivity index (χ4v) is 4.85. The molecule has 0 bridgehead atoms. The lowest BCUT2D eigenvalue weighted by atomic mass is 10.0. The molecule has 0 saturated carbocycles. The highest BCUT2D eigenvalue weighted by Gasteiger charge is 2.14. The van der Waals surface area contributed by atoms with Gasteiger partial charge in [0.1, 0.15) is 0 Å². The van der Waals surface area contributed by atoms with Gasteiger partial charge in [-0.1, -0.05) is 48.5 Å². The van der Waals surface area contributed by atoms with Crippen LogP contribution >= 0.6 is 0 Å². The van der Waals surface area contributed by atoms with Crippen LogP contribution in [-0.4, -0.2) is 25.5 Å². The molecular formula is C30H21N3O6S. The Morgan fingerprint density at radius 2 is 1.23 bits per heavy atom. The quantitative estimate of drug-likeness (QED) is 0.120. The van der Waals surface area contributed by atoms with Crippen molar-refractivity contribution in [1.82, 2.24) is 0 Å². The largest absolute Gasteiger partial charge is 0.322 e. The monoisotopic (exact) mass is 551 g/mol. The van der Waals surface area contributed by atoms with E-state index < -0.39 is 16.0 Å². The number of anilines is 2. The molecule has 40 heavy (non-hydrogen) atoms. The second-order valence-corrected chi connectivity index (χ2v) is 9.71. The van der Waals surface area contributed by atoms with E-state index in [1.165, 1.54) is 24.3 Å². The first-order chi connectivity index (χ1) is 19.3. The third-order valence-electron chi connectivity index (χ3n) is 6.27. The number of benzene rings is 5. The highest BCUT2D eigenvalue weighted by molar-refractivity contribution is 7.79. The van der Waals surface area contributed by atoms with Gasteiger partial charge in [-0.3, -0.25) is 19.7 Å². The molecule has 0 heterocycles. The Morgan fingerprint density at radius 1 is 0.700 bits per heavy atom. The molecule has 0 saturated heterocycles. The lowest BCUT2D eigenvalue weighted by Crippen LogP contribution is -2.12. The number of nitro groups is 1. The summed E-state index contributed by atoms with van der Waals surface area (Å²) in [4.78, 5) is 35.9. The maximum Gasteiger partial charge on any atom is 0.269 e. The van der Waals surface area contributed by atoms with Gasteiger partial charge in [-0.05, 0) is 65.0 Å². The molecule has 9 nitrogen and oxygen atoms in total. The fourth-order valence-electron chi connectivity index (χ4n) is 4.25. The number of amides is 2. The average Bonchev–Trinajstić information content (AvgIpc) is 2.97. The van der Waals surface area contributed by atoms with E-state index in [4.69, 9.17) is 0 Å². The highest BCUT2D eigenvalue weighted by atomic mass is 32.2. The van der Waals surface area contributed by atoms with Gasteiger partial charge in [0.25, 0.3) is 17.5 Å². The molecule has 3 N–H and O–H groups in total. The first-order valence-electron chi connectivity index (χ1n) is 12.0. The lowest BCUT2D eigenvalue weighted by molar-refractivity contribution is -0.384. The molecule has 0 fully saturated rings. The fraction of sp³-hybridized carbons (Fsp3) is 0. The molecule has 0 aliphatic carbocycles. The number of nitrogens with one attached hydrogen (secondary N) is 2. The number of nitro benzene ring substituents is 1. The van der Waals surface area contributed by atoms with Gasteiger partial charge in [-0.15, -0.1) is 0 Å². The van der Waals surface area contributed by atoms with E-state index in [1.54, 1.807) is 60.7 Å². The van der Waals surface area contributed by atoms with Crippen LogP contribution in [-0.2, 0) is 11.1 Å². The molecule has 5 aromatic carbocycles. The zero-order valence-corrected chi connectivity index (χ0v) is 21.6. The summed E-state index contributed by atoms with van der Waals surface area (Å²) in [5, 5.41) is 17.6. The summed E-state index contributed by atoms with van der Waals surface area (Å²) >= 11 is -2.21. The van der Waals surface area contributed by atoms with Crippen molar-refractivity contribution in [2.45, 2.75) is 4.90 Å². The van der Waals surface area contributed by atoms with Crippen LogP contribution in [0.1, 0.15) is 20.7 Å². The Morgan fingerprint density at radius 3 is 1.80 bits per heavy atom. The van der Waals surface area contributed by atoms with E-state index in [-0.39, 0.29) is 22.4 Å². The van der Waals surface area contributed by atoms with Crippen molar-refractivity contribution in [1.29, 1.82) is 0 Å². The van der Waals surface area contributed by atoms with Gasteiger partial charge in [0.15, 0.2) is 11.1 Å². The van der Waals surface area contributed by atoms with Crippen molar-refractivity contribution < 1.29 is 23.3 Å². The maximum absolute atomic E-state index is 13.0. The molecule has 10 heteroatoms. The molecular weight excluding hydrogens is 530 g/mol. The van der Waals surface area contributed by atoms with Gasteiger partial charge in [0.05, 0.1) is 15.5 Å². The van der Waals surface area contributed by atoms with E-state index >= 15 is 0 Å². The van der Waals surface area contributed by atoms with Gasteiger partial charge in [-0.2, -0.15) is 0 Å².